The van der Waals surface area contributed by atoms with Gasteiger partial charge in [-0.25, -0.2) is 9.97 Å². The van der Waals surface area contributed by atoms with Crippen molar-refractivity contribution in [2.45, 2.75) is 30.8 Å². The predicted molar refractivity (Wildman–Crippen MR) is 88.4 cm³/mol. The van der Waals surface area contributed by atoms with Crippen molar-refractivity contribution >= 4 is 39.3 Å². The number of nitrogens with zero attached hydrogens (tertiary/aromatic N) is 4. The summed E-state index contributed by atoms with van der Waals surface area (Å²) in [7, 11) is 1.96. The third-order valence-electron chi connectivity index (χ3n) is 2.98. The minimum Gasteiger partial charge on any atom is -0.354 e. The molecule has 0 fully saturated rings. The lowest BCUT2D eigenvalue weighted by atomic mass is 10.4. The molecule has 0 saturated heterocycles. The quantitative estimate of drug-likeness (QED) is 0.744. The molecular formula is C14H17N5S2. The molecular weight excluding hydrogens is 302 g/mol. The van der Waals surface area contributed by atoms with Crippen LogP contribution in [-0.4, -0.2) is 26.3 Å². The number of hydrogen-bond donors (Lipinski definition) is 1. The summed E-state index contributed by atoms with van der Waals surface area (Å²) in [6, 6.07) is 4.23. The van der Waals surface area contributed by atoms with E-state index in [1.165, 1.54) is 4.88 Å². The van der Waals surface area contributed by atoms with Gasteiger partial charge in [0.25, 0.3) is 0 Å². The maximum absolute atomic E-state index is 4.66. The van der Waals surface area contributed by atoms with E-state index >= 15 is 0 Å². The van der Waals surface area contributed by atoms with Gasteiger partial charge >= 0.3 is 0 Å². The third kappa shape index (κ3) is 2.89. The molecule has 0 bridgehead atoms. The summed E-state index contributed by atoms with van der Waals surface area (Å²) >= 11 is 3.33. The molecule has 0 amide bonds. The Hall–Kier alpha value is -1.60. The summed E-state index contributed by atoms with van der Waals surface area (Å²) in [5.41, 5.74) is 1.01. The van der Waals surface area contributed by atoms with Gasteiger partial charge in [-0.15, -0.1) is 11.3 Å². The van der Waals surface area contributed by atoms with Crippen LogP contribution in [0.4, 0.5) is 5.95 Å². The summed E-state index contributed by atoms with van der Waals surface area (Å²) in [6.07, 6.45) is 0. The maximum atomic E-state index is 4.66. The van der Waals surface area contributed by atoms with Gasteiger partial charge in [0, 0.05) is 23.9 Å². The molecule has 3 heterocycles. The predicted octanol–water partition coefficient (Wildman–Crippen LogP) is 3.62. The number of nitrogens with one attached hydrogen (secondary N) is 1. The lowest BCUT2D eigenvalue weighted by molar-refractivity contribution is 0.692. The second-order valence-corrected chi connectivity index (χ2v) is 7.05. The summed E-state index contributed by atoms with van der Waals surface area (Å²) in [6.45, 7) is 6.95. The standard InChI is InChI=1S/C14H17N5S2/c1-5-15-14-16-12-10(7-9(3)20-12)13(17-14)21-11-6-8(2)18-19(11)4/h6-7H,5H2,1-4H3,(H,15,16,17). The first-order valence-corrected chi connectivity index (χ1v) is 8.40. The molecule has 0 unspecified atom stereocenters. The monoisotopic (exact) mass is 319 g/mol. The molecule has 3 rings (SSSR count). The SMILES string of the molecule is CCNc1nc(Sc2cc(C)nn2C)c2cc(C)sc2n1. The smallest absolute Gasteiger partial charge is 0.225 e. The Bertz CT molecular complexity index is 790. The molecule has 0 aliphatic carbocycles. The highest BCUT2D eigenvalue weighted by Gasteiger charge is 2.13. The van der Waals surface area contributed by atoms with E-state index in [0.29, 0.717) is 5.95 Å². The average molecular weight is 319 g/mol. The lowest BCUT2D eigenvalue weighted by Gasteiger charge is -2.06. The van der Waals surface area contributed by atoms with Crippen molar-refractivity contribution in [1.82, 2.24) is 19.7 Å². The van der Waals surface area contributed by atoms with Crippen molar-refractivity contribution in [3.8, 4) is 0 Å². The molecule has 21 heavy (non-hydrogen) atoms. The minimum absolute atomic E-state index is 0.688. The normalized spacial score (nSPS) is 11.2. The number of fused-ring (bicyclic) bond motifs is 1. The van der Waals surface area contributed by atoms with Crippen LogP contribution in [0.3, 0.4) is 0 Å². The number of aryl methyl sites for hydroxylation is 3. The minimum atomic E-state index is 0.688. The molecule has 0 saturated carbocycles. The third-order valence-corrected chi connectivity index (χ3v) is 5.02. The highest BCUT2D eigenvalue weighted by molar-refractivity contribution is 7.99. The molecule has 3 aromatic heterocycles. The molecule has 0 radical (unpaired) electrons. The Balaban J connectivity index is 2.08. The van der Waals surface area contributed by atoms with Crippen LogP contribution in [-0.2, 0) is 7.05 Å². The fraction of sp³-hybridized carbons (Fsp3) is 0.357. The van der Waals surface area contributed by atoms with Crippen LogP contribution in [0.2, 0.25) is 0 Å². The average Bonchev–Trinajstić information content (AvgIpc) is 2.92. The van der Waals surface area contributed by atoms with Crippen molar-refractivity contribution in [3.05, 3.63) is 22.7 Å². The zero-order chi connectivity index (χ0) is 15.0. The van der Waals surface area contributed by atoms with E-state index in [1.54, 1.807) is 23.1 Å². The largest absolute Gasteiger partial charge is 0.354 e. The van der Waals surface area contributed by atoms with Gasteiger partial charge in [0.15, 0.2) is 0 Å². The highest BCUT2D eigenvalue weighted by Crippen LogP contribution is 2.35. The van der Waals surface area contributed by atoms with Gasteiger partial charge in [0.05, 0.1) is 5.69 Å². The Labute approximate surface area is 131 Å². The first-order valence-electron chi connectivity index (χ1n) is 6.77. The first-order chi connectivity index (χ1) is 10.1. The van der Waals surface area contributed by atoms with Crippen LogP contribution in [0.25, 0.3) is 10.2 Å². The van der Waals surface area contributed by atoms with Gasteiger partial charge in [-0.2, -0.15) is 5.10 Å². The number of aromatic nitrogens is 4. The fourth-order valence-electron chi connectivity index (χ4n) is 2.11. The molecule has 7 heteroatoms. The fourth-order valence-corrected chi connectivity index (χ4v) is 4.05. The van der Waals surface area contributed by atoms with Gasteiger partial charge < -0.3 is 5.32 Å². The van der Waals surface area contributed by atoms with E-state index in [-0.39, 0.29) is 0 Å². The van der Waals surface area contributed by atoms with Crippen LogP contribution in [0.1, 0.15) is 17.5 Å². The Morgan fingerprint density at radius 3 is 2.76 bits per heavy atom. The molecule has 0 aliphatic rings. The first kappa shape index (κ1) is 14.3. The Morgan fingerprint density at radius 1 is 1.29 bits per heavy atom. The van der Waals surface area contributed by atoms with Gasteiger partial charge in [-0.3, -0.25) is 4.68 Å². The van der Waals surface area contributed by atoms with Crippen LogP contribution in [0.5, 0.6) is 0 Å². The Morgan fingerprint density at radius 2 is 2.10 bits per heavy atom. The van der Waals surface area contributed by atoms with Gasteiger partial charge in [0.1, 0.15) is 14.9 Å². The topological polar surface area (TPSA) is 55.6 Å². The van der Waals surface area contributed by atoms with Crippen molar-refractivity contribution in [2.24, 2.45) is 7.05 Å². The number of rotatable bonds is 4. The van der Waals surface area contributed by atoms with Gasteiger partial charge in [0.2, 0.25) is 5.95 Å². The van der Waals surface area contributed by atoms with Crippen LogP contribution < -0.4 is 5.32 Å². The van der Waals surface area contributed by atoms with Crippen LogP contribution >= 0.6 is 23.1 Å². The van der Waals surface area contributed by atoms with E-state index in [2.05, 4.69) is 39.4 Å². The van der Waals surface area contributed by atoms with Crippen LogP contribution in [0, 0.1) is 13.8 Å². The Kier molecular flexibility index (Phi) is 3.86. The highest BCUT2D eigenvalue weighted by atomic mass is 32.2. The summed E-state index contributed by atoms with van der Waals surface area (Å²) in [5.74, 6) is 0.688. The number of thiophene rings is 1. The van der Waals surface area contributed by atoms with E-state index in [1.807, 2.05) is 25.6 Å². The van der Waals surface area contributed by atoms with Crippen molar-refractivity contribution < 1.29 is 0 Å². The van der Waals surface area contributed by atoms with E-state index < -0.39 is 0 Å². The molecule has 1 N–H and O–H groups in total. The lowest BCUT2D eigenvalue weighted by Crippen LogP contribution is -2.02. The van der Waals surface area contributed by atoms with Gasteiger partial charge in [-0.1, -0.05) is 0 Å². The molecule has 0 aliphatic heterocycles. The second-order valence-electron chi connectivity index (χ2n) is 4.81. The van der Waals surface area contributed by atoms with Crippen molar-refractivity contribution in [1.29, 1.82) is 0 Å². The summed E-state index contributed by atoms with van der Waals surface area (Å²) in [5, 5.41) is 10.8. The second kappa shape index (κ2) is 5.65. The zero-order valence-corrected chi connectivity index (χ0v) is 14.1. The molecule has 110 valence electrons. The van der Waals surface area contributed by atoms with Crippen molar-refractivity contribution in [2.75, 3.05) is 11.9 Å². The van der Waals surface area contributed by atoms with Crippen molar-refractivity contribution in [3.63, 3.8) is 0 Å². The molecule has 0 atom stereocenters. The molecule has 0 spiro atoms. The number of anilines is 1. The van der Waals surface area contributed by atoms with E-state index in [0.717, 1.165) is 32.5 Å². The van der Waals surface area contributed by atoms with Crippen LogP contribution in [0.15, 0.2) is 22.2 Å². The van der Waals surface area contributed by atoms with Gasteiger partial charge in [-0.05, 0) is 44.7 Å². The molecule has 5 nitrogen and oxygen atoms in total. The number of hydrogen-bond acceptors (Lipinski definition) is 6. The van der Waals surface area contributed by atoms with E-state index in [4.69, 9.17) is 0 Å². The zero-order valence-electron chi connectivity index (χ0n) is 12.5. The molecule has 0 aromatic carbocycles. The van der Waals surface area contributed by atoms with E-state index in [9.17, 15) is 0 Å². The molecule has 3 aromatic rings. The summed E-state index contributed by atoms with van der Waals surface area (Å²) < 4.78 is 1.89. The summed E-state index contributed by atoms with van der Waals surface area (Å²) in [4.78, 5) is 11.5. The maximum Gasteiger partial charge on any atom is 0.225 e.